The zero-order valence-corrected chi connectivity index (χ0v) is 14.4. The Morgan fingerprint density at radius 2 is 1.96 bits per heavy atom. The predicted octanol–water partition coefficient (Wildman–Crippen LogP) is 2.22. The van der Waals surface area contributed by atoms with Crippen LogP contribution in [0.25, 0.3) is 6.08 Å². The van der Waals surface area contributed by atoms with Crippen LogP contribution in [0.1, 0.15) is 19.4 Å². The van der Waals surface area contributed by atoms with E-state index in [1.807, 2.05) is 36.4 Å². The average molecular weight is 346 g/mol. The summed E-state index contributed by atoms with van der Waals surface area (Å²) in [6.07, 6.45) is 5.27. The summed E-state index contributed by atoms with van der Waals surface area (Å²) in [5, 5.41) is 11.3. The Morgan fingerprint density at radius 1 is 1.30 bits per heavy atom. The minimum atomic E-state index is -1.29. The van der Waals surface area contributed by atoms with Gasteiger partial charge in [0.2, 0.25) is 0 Å². The second-order valence-corrected chi connectivity index (χ2v) is 7.03. The minimum Gasteiger partial charge on any atom is -0.548 e. The van der Waals surface area contributed by atoms with Crippen LogP contribution in [0.4, 0.5) is 0 Å². The highest BCUT2D eigenvalue weighted by atomic mass is 32.2. The fourth-order valence-corrected chi connectivity index (χ4v) is 3.50. The molecule has 1 aromatic carbocycles. The Kier molecular flexibility index (Phi) is 5.74. The molecule has 1 aliphatic rings. The number of aliphatic carboxylic acids is 1. The van der Waals surface area contributed by atoms with Gasteiger partial charge in [-0.2, -0.15) is 0 Å². The second kappa shape index (κ2) is 7.57. The number of thiocarbonyl (C=S) groups is 1. The molecule has 0 unspecified atom stereocenters. The molecular weight excluding hydrogens is 330 g/mol. The topological polar surface area (TPSA) is 60.4 Å². The standard InChI is InChI=1S/C17H17NO3S2/c1-11(2)14(16(20)21)18-15(19)13(23-17(18)22)10-6-9-12-7-4-3-5-8-12/h3-11,14H,1-2H3,(H,20,21)/p-1/b9-6+,13-10-/t14-/m1/s1. The first-order chi connectivity index (χ1) is 10.9. The van der Waals surface area contributed by atoms with E-state index >= 15 is 0 Å². The third-order valence-electron chi connectivity index (χ3n) is 3.31. The number of rotatable bonds is 5. The van der Waals surface area contributed by atoms with Gasteiger partial charge in [-0.25, -0.2) is 0 Å². The molecule has 0 N–H and O–H groups in total. The molecule has 1 amide bonds. The molecule has 2 rings (SSSR count). The van der Waals surface area contributed by atoms with Gasteiger partial charge in [0, 0.05) is 0 Å². The Labute approximate surface area is 144 Å². The summed E-state index contributed by atoms with van der Waals surface area (Å²) in [4.78, 5) is 25.3. The highest BCUT2D eigenvalue weighted by Gasteiger charge is 2.38. The lowest BCUT2D eigenvalue weighted by molar-refractivity contribution is -0.311. The van der Waals surface area contributed by atoms with Crippen molar-refractivity contribution in [1.82, 2.24) is 4.90 Å². The maximum absolute atomic E-state index is 12.4. The number of thioether (sulfide) groups is 1. The number of nitrogens with zero attached hydrogens (tertiary/aromatic N) is 1. The largest absolute Gasteiger partial charge is 0.548 e. The maximum Gasteiger partial charge on any atom is 0.266 e. The molecular formula is C17H16NO3S2-. The second-order valence-electron chi connectivity index (χ2n) is 5.35. The summed E-state index contributed by atoms with van der Waals surface area (Å²) in [5.74, 6) is -1.97. The summed E-state index contributed by atoms with van der Waals surface area (Å²) in [6.45, 7) is 3.44. The van der Waals surface area contributed by atoms with E-state index in [1.54, 1.807) is 26.0 Å². The van der Waals surface area contributed by atoms with E-state index in [4.69, 9.17) is 12.2 Å². The van der Waals surface area contributed by atoms with Gasteiger partial charge in [-0.05, 0) is 17.6 Å². The fourth-order valence-electron chi connectivity index (χ4n) is 2.22. The minimum absolute atomic E-state index is 0.247. The molecule has 0 radical (unpaired) electrons. The SMILES string of the molecule is CC(C)[C@H](C(=O)[O-])N1C(=O)/C(=C/C=C/c2ccccc2)SC1=S. The van der Waals surface area contributed by atoms with Gasteiger partial charge in [-0.15, -0.1) is 0 Å². The maximum atomic E-state index is 12.4. The predicted molar refractivity (Wildman–Crippen MR) is 94.2 cm³/mol. The quantitative estimate of drug-likeness (QED) is 0.604. The first-order valence-electron chi connectivity index (χ1n) is 7.11. The van der Waals surface area contributed by atoms with Crippen molar-refractivity contribution in [2.24, 2.45) is 5.92 Å². The van der Waals surface area contributed by atoms with Crippen LogP contribution in [0, 0.1) is 5.92 Å². The molecule has 1 aromatic rings. The lowest BCUT2D eigenvalue weighted by Gasteiger charge is -2.30. The highest BCUT2D eigenvalue weighted by molar-refractivity contribution is 8.26. The number of allylic oxidation sites excluding steroid dienone is 2. The van der Waals surface area contributed by atoms with Crippen LogP contribution in [0.3, 0.4) is 0 Å². The van der Waals surface area contributed by atoms with Crippen molar-refractivity contribution < 1.29 is 14.7 Å². The summed E-state index contributed by atoms with van der Waals surface area (Å²) < 4.78 is 0.247. The smallest absolute Gasteiger partial charge is 0.266 e. The Morgan fingerprint density at radius 3 is 2.52 bits per heavy atom. The van der Waals surface area contributed by atoms with E-state index in [2.05, 4.69) is 0 Å². The van der Waals surface area contributed by atoms with E-state index in [0.29, 0.717) is 4.91 Å². The van der Waals surface area contributed by atoms with Crippen molar-refractivity contribution in [3.8, 4) is 0 Å². The van der Waals surface area contributed by atoms with Crippen molar-refractivity contribution in [2.45, 2.75) is 19.9 Å². The van der Waals surface area contributed by atoms with Crippen LogP contribution >= 0.6 is 24.0 Å². The van der Waals surface area contributed by atoms with Crippen LogP contribution in [-0.2, 0) is 9.59 Å². The number of hydrogen-bond donors (Lipinski definition) is 0. The lowest BCUT2D eigenvalue weighted by atomic mass is 10.0. The third kappa shape index (κ3) is 4.09. The average Bonchev–Trinajstić information content (AvgIpc) is 2.76. The van der Waals surface area contributed by atoms with Crippen molar-refractivity contribution >= 4 is 46.3 Å². The van der Waals surface area contributed by atoms with E-state index in [-0.39, 0.29) is 16.1 Å². The molecule has 0 saturated carbocycles. The van der Waals surface area contributed by atoms with Crippen molar-refractivity contribution in [3.05, 3.63) is 53.0 Å². The number of benzene rings is 1. The van der Waals surface area contributed by atoms with Crippen LogP contribution < -0.4 is 5.11 Å². The molecule has 1 atom stereocenters. The monoisotopic (exact) mass is 346 g/mol. The van der Waals surface area contributed by atoms with Crippen LogP contribution in [-0.4, -0.2) is 27.1 Å². The molecule has 1 heterocycles. The molecule has 120 valence electrons. The number of carbonyl (C=O) groups excluding carboxylic acids is 2. The number of carboxylic acid groups (broad SMARTS) is 1. The highest BCUT2D eigenvalue weighted by Crippen LogP contribution is 2.34. The van der Waals surface area contributed by atoms with Crippen molar-refractivity contribution in [3.63, 3.8) is 0 Å². The molecule has 6 heteroatoms. The molecule has 0 bridgehead atoms. The Hall–Kier alpha value is -1.92. The first-order valence-corrected chi connectivity index (χ1v) is 8.34. The molecule has 1 fully saturated rings. The zero-order chi connectivity index (χ0) is 17.0. The summed E-state index contributed by atoms with van der Waals surface area (Å²) >= 11 is 6.27. The number of carboxylic acids is 1. The summed E-state index contributed by atoms with van der Waals surface area (Å²) in [6, 6.07) is 8.61. The van der Waals surface area contributed by atoms with Crippen molar-refractivity contribution in [2.75, 3.05) is 0 Å². The van der Waals surface area contributed by atoms with E-state index in [1.165, 1.54) is 0 Å². The number of hydrogen-bond acceptors (Lipinski definition) is 5. The number of amides is 1. The van der Waals surface area contributed by atoms with E-state index in [0.717, 1.165) is 22.2 Å². The number of carbonyl (C=O) groups is 2. The molecule has 1 saturated heterocycles. The molecule has 4 nitrogen and oxygen atoms in total. The summed E-state index contributed by atoms with van der Waals surface area (Å²) in [5.41, 5.74) is 1.01. The first kappa shape index (κ1) is 17.4. The van der Waals surface area contributed by atoms with Gasteiger partial charge in [0.15, 0.2) is 0 Å². The van der Waals surface area contributed by atoms with Gasteiger partial charge in [-0.1, -0.05) is 80.3 Å². The van der Waals surface area contributed by atoms with E-state index in [9.17, 15) is 14.7 Å². The van der Waals surface area contributed by atoms with Gasteiger partial charge in [0.25, 0.3) is 5.91 Å². The van der Waals surface area contributed by atoms with Crippen LogP contribution in [0.2, 0.25) is 0 Å². The van der Waals surface area contributed by atoms with Gasteiger partial charge in [-0.3, -0.25) is 9.69 Å². The molecule has 1 aliphatic heterocycles. The van der Waals surface area contributed by atoms with E-state index < -0.39 is 12.0 Å². The van der Waals surface area contributed by atoms with Gasteiger partial charge < -0.3 is 9.90 Å². The third-order valence-corrected chi connectivity index (χ3v) is 4.66. The Balaban J connectivity index is 2.19. The van der Waals surface area contributed by atoms with Gasteiger partial charge in [0.1, 0.15) is 4.32 Å². The Bertz CT molecular complexity index is 680. The lowest BCUT2D eigenvalue weighted by Crippen LogP contribution is -2.52. The fraction of sp³-hybridized carbons (Fsp3) is 0.235. The zero-order valence-electron chi connectivity index (χ0n) is 12.8. The van der Waals surface area contributed by atoms with Crippen LogP contribution in [0.5, 0.6) is 0 Å². The van der Waals surface area contributed by atoms with Gasteiger partial charge >= 0.3 is 0 Å². The van der Waals surface area contributed by atoms with Gasteiger partial charge in [0.05, 0.1) is 16.9 Å². The molecule has 23 heavy (non-hydrogen) atoms. The summed E-state index contributed by atoms with van der Waals surface area (Å²) in [7, 11) is 0. The van der Waals surface area contributed by atoms with Crippen molar-refractivity contribution in [1.29, 1.82) is 0 Å². The van der Waals surface area contributed by atoms with Crippen LogP contribution in [0.15, 0.2) is 47.4 Å². The molecule has 0 aromatic heterocycles. The molecule has 0 aliphatic carbocycles. The normalized spacial score (nSPS) is 18.4. The molecule has 0 spiro atoms.